The van der Waals surface area contributed by atoms with E-state index in [9.17, 15) is 9.60 Å². The summed E-state index contributed by atoms with van der Waals surface area (Å²) in [5.41, 5.74) is 0.150. The first-order valence-electron chi connectivity index (χ1n) is 7.81. The second kappa shape index (κ2) is 7.57. The number of oxime groups is 1. The van der Waals surface area contributed by atoms with Gasteiger partial charge in [0.2, 0.25) is 0 Å². The predicted molar refractivity (Wildman–Crippen MR) is 94.3 cm³/mol. The van der Waals surface area contributed by atoms with Crippen LogP contribution in [-0.2, 0) is 0 Å². The van der Waals surface area contributed by atoms with Crippen LogP contribution in [0, 0.1) is 5.82 Å². The summed E-state index contributed by atoms with van der Waals surface area (Å²) in [6, 6.07) is 8.07. The molecule has 0 spiro atoms. The van der Waals surface area contributed by atoms with Gasteiger partial charge >= 0.3 is 0 Å². The number of benzene rings is 1. The van der Waals surface area contributed by atoms with Crippen LogP contribution in [0.15, 0.2) is 41.7 Å². The van der Waals surface area contributed by atoms with Crippen LogP contribution in [0.4, 0.5) is 10.2 Å². The molecule has 6 nitrogen and oxygen atoms in total. The number of rotatable bonds is 3. The number of methoxy groups -OCH3 is 1. The third kappa shape index (κ3) is 3.46. The van der Waals surface area contributed by atoms with Crippen molar-refractivity contribution < 1.29 is 14.3 Å². The quantitative estimate of drug-likeness (QED) is 0.393. The number of halogens is 2. The highest BCUT2D eigenvalue weighted by atomic mass is 35.5. The van der Waals surface area contributed by atoms with Crippen molar-refractivity contribution in [2.24, 2.45) is 5.16 Å². The van der Waals surface area contributed by atoms with Gasteiger partial charge in [-0.05, 0) is 24.3 Å². The molecule has 25 heavy (non-hydrogen) atoms. The molecule has 8 heteroatoms. The van der Waals surface area contributed by atoms with Crippen molar-refractivity contribution >= 4 is 23.3 Å². The number of ether oxygens (including phenoxy) is 1. The average molecular weight is 365 g/mol. The molecule has 1 saturated heterocycles. The molecule has 1 N–H and O–H groups in total. The first kappa shape index (κ1) is 17.3. The maximum atomic E-state index is 14.3. The van der Waals surface area contributed by atoms with Crippen molar-refractivity contribution in [2.75, 3.05) is 38.2 Å². The fraction of sp³-hybridized carbons (Fsp3) is 0.294. The zero-order valence-electron chi connectivity index (χ0n) is 13.7. The molecule has 0 saturated carbocycles. The second-order valence-corrected chi connectivity index (χ2v) is 5.93. The molecule has 1 aliphatic rings. The lowest BCUT2D eigenvalue weighted by Gasteiger charge is -2.37. The maximum absolute atomic E-state index is 14.3. The molecule has 1 fully saturated rings. The van der Waals surface area contributed by atoms with Crippen LogP contribution in [0.3, 0.4) is 0 Å². The Balaban J connectivity index is 1.79. The van der Waals surface area contributed by atoms with Crippen molar-refractivity contribution in [3.8, 4) is 5.75 Å². The zero-order chi connectivity index (χ0) is 17.8. The van der Waals surface area contributed by atoms with Crippen LogP contribution >= 0.6 is 11.6 Å². The highest BCUT2D eigenvalue weighted by Gasteiger charge is 2.26. The van der Waals surface area contributed by atoms with E-state index in [4.69, 9.17) is 16.3 Å². The summed E-state index contributed by atoms with van der Waals surface area (Å²) in [5, 5.41) is 13.4. The molecule has 0 aliphatic carbocycles. The number of pyridine rings is 1. The molecule has 2 heterocycles. The van der Waals surface area contributed by atoms with E-state index in [2.05, 4.69) is 10.1 Å². The van der Waals surface area contributed by atoms with E-state index in [1.54, 1.807) is 30.5 Å². The lowest BCUT2D eigenvalue weighted by Crippen LogP contribution is -2.49. The zero-order valence-corrected chi connectivity index (χ0v) is 14.4. The summed E-state index contributed by atoms with van der Waals surface area (Å²) >= 11 is 6.19. The van der Waals surface area contributed by atoms with Crippen LogP contribution in [-0.4, -0.2) is 54.2 Å². The van der Waals surface area contributed by atoms with Gasteiger partial charge in [-0.1, -0.05) is 22.8 Å². The van der Waals surface area contributed by atoms with Crippen LogP contribution in [0.1, 0.15) is 5.56 Å². The summed E-state index contributed by atoms with van der Waals surface area (Å²) in [6.45, 7) is 2.30. The molecule has 0 amide bonds. The SMILES string of the molecule is COc1cccc(F)c1C(=NO)N1CCN(c2ncccc2Cl)CC1. The van der Waals surface area contributed by atoms with Gasteiger partial charge in [-0.2, -0.15) is 0 Å². The smallest absolute Gasteiger partial charge is 0.182 e. The van der Waals surface area contributed by atoms with Gasteiger partial charge in [0.15, 0.2) is 5.84 Å². The summed E-state index contributed by atoms with van der Waals surface area (Å²) in [4.78, 5) is 8.17. The van der Waals surface area contributed by atoms with Crippen LogP contribution in [0.25, 0.3) is 0 Å². The van der Waals surface area contributed by atoms with Crippen LogP contribution in [0.5, 0.6) is 5.75 Å². The summed E-state index contributed by atoms with van der Waals surface area (Å²) in [6.07, 6.45) is 1.69. The number of nitrogens with zero attached hydrogens (tertiary/aromatic N) is 4. The Morgan fingerprint density at radius 2 is 2.00 bits per heavy atom. The first-order chi connectivity index (χ1) is 12.2. The number of piperazine rings is 1. The monoisotopic (exact) mass is 364 g/mol. The average Bonchev–Trinajstić information content (AvgIpc) is 2.64. The van der Waals surface area contributed by atoms with Crippen molar-refractivity contribution in [3.05, 3.63) is 52.9 Å². The normalized spacial score (nSPS) is 15.4. The number of aromatic nitrogens is 1. The summed E-state index contributed by atoms with van der Waals surface area (Å²) < 4.78 is 19.5. The molecule has 0 radical (unpaired) electrons. The summed E-state index contributed by atoms with van der Waals surface area (Å²) in [7, 11) is 1.45. The van der Waals surface area contributed by atoms with E-state index in [-0.39, 0.29) is 11.4 Å². The molecule has 0 unspecified atom stereocenters. The lowest BCUT2D eigenvalue weighted by atomic mass is 10.1. The Bertz CT molecular complexity index is 779. The molecular weight excluding hydrogens is 347 g/mol. The molecule has 1 aliphatic heterocycles. The van der Waals surface area contributed by atoms with Gasteiger partial charge in [-0.25, -0.2) is 9.37 Å². The first-order valence-corrected chi connectivity index (χ1v) is 8.19. The van der Waals surface area contributed by atoms with E-state index in [1.165, 1.54) is 13.2 Å². The van der Waals surface area contributed by atoms with E-state index >= 15 is 0 Å². The van der Waals surface area contributed by atoms with Gasteiger partial charge in [-0.15, -0.1) is 0 Å². The predicted octanol–water partition coefficient (Wildman–Crippen LogP) is 2.84. The molecule has 0 atom stereocenters. The number of anilines is 1. The Morgan fingerprint density at radius 1 is 1.24 bits per heavy atom. The fourth-order valence-electron chi connectivity index (χ4n) is 2.90. The Kier molecular flexibility index (Phi) is 5.23. The van der Waals surface area contributed by atoms with Gasteiger partial charge in [0.1, 0.15) is 17.4 Å². The van der Waals surface area contributed by atoms with Gasteiger partial charge in [0.25, 0.3) is 0 Å². The highest BCUT2D eigenvalue weighted by Crippen LogP contribution is 2.26. The van der Waals surface area contributed by atoms with Gasteiger partial charge in [-0.3, -0.25) is 0 Å². The minimum absolute atomic E-state index is 0.150. The number of amidine groups is 1. The number of hydrogen-bond acceptors (Lipinski definition) is 5. The molecule has 132 valence electrons. The van der Waals surface area contributed by atoms with Gasteiger partial charge in [0.05, 0.1) is 17.7 Å². The molecule has 1 aromatic heterocycles. The second-order valence-electron chi connectivity index (χ2n) is 5.52. The van der Waals surface area contributed by atoms with E-state index in [0.717, 1.165) is 5.82 Å². The van der Waals surface area contributed by atoms with Crippen LogP contribution in [0.2, 0.25) is 5.02 Å². The van der Waals surface area contributed by atoms with Crippen molar-refractivity contribution in [1.82, 2.24) is 9.88 Å². The minimum Gasteiger partial charge on any atom is -0.496 e. The van der Waals surface area contributed by atoms with Gasteiger partial charge in [0, 0.05) is 32.4 Å². The third-order valence-corrected chi connectivity index (χ3v) is 4.43. The van der Waals surface area contributed by atoms with E-state index < -0.39 is 5.82 Å². The third-order valence-electron chi connectivity index (χ3n) is 4.13. The Hall–Kier alpha value is -2.54. The Morgan fingerprint density at radius 3 is 2.64 bits per heavy atom. The highest BCUT2D eigenvalue weighted by molar-refractivity contribution is 6.32. The molecule has 2 aromatic rings. The largest absolute Gasteiger partial charge is 0.496 e. The molecular formula is C17H18ClFN4O2. The maximum Gasteiger partial charge on any atom is 0.182 e. The van der Waals surface area contributed by atoms with Crippen molar-refractivity contribution in [1.29, 1.82) is 0 Å². The molecule has 1 aromatic carbocycles. The standard InChI is InChI=1S/C17H18ClFN4O2/c1-25-14-6-2-5-13(19)15(14)17(21-24)23-10-8-22(9-11-23)16-12(18)4-3-7-20-16/h2-7,24H,8-11H2,1H3. The lowest BCUT2D eigenvalue weighted by molar-refractivity contribution is 0.294. The summed E-state index contributed by atoms with van der Waals surface area (Å²) in [5.74, 6) is 0.696. The molecule has 0 bridgehead atoms. The van der Waals surface area contributed by atoms with Crippen molar-refractivity contribution in [2.45, 2.75) is 0 Å². The number of hydrogen-bond donors (Lipinski definition) is 1. The van der Waals surface area contributed by atoms with Gasteiger partial charge < -0.3 is 19.7 Å². The fourth-order valence-corrected chi connectivity index (χ4v) is 3.14. The molecule has 3 rings (SSSR count). The van der Waals surface area contributed by atoms with E-state index in [1.807, 2.05) is 9.80 Å². The van der Waals surface area contributed by atoms with Crippen LogP contribution < -0.4 is 9.64 Å². The van der Waals surface area contributed by atoms with Crippen molar-refractivity contribution in [3.63, 3.8) is 0 Å². The minimum atomic E-state index is -0.498. The Labute approximate surface area is 150 Å². The topological polar surface area (TPSA) is 61.2 Å². The van der Waals surface area contributed by atoms with E-state index in [0.29, 0.717) is 37.0 Å².